The van der Waals surface area contributed by atoms with Crippen LogP contribution in [0.1, 0.15) is 65.4 Å². The van der Waals surface area contributed by atoms with E-state index in [9.17, 15) is 17.8 Å². The molecule has 0 bridgehead atoms. The Kier molecular flexibility index (Phi) is 7.18. The number of allylic oxidation sites excluding steroid dienone is 2. The first-order valence-electron chi connectivity index (χ1n) is 15.1. The lowest BCUT2D eigenvalue weighted by molar-refractivity contribution is -0.0488. The number of piperidine rings is 1. The number of halogens is 2. The summed E-state index contributed by atoms with van der Waals surface area (Å²) in [6.45, 7) is 0.607. The van der Waals surface area contributed by atoms with Gasteiger partial charge in [-0.25, -0.2) is 9.19 Å². The Balaban J connectivity index is 1.12. The zero-order valence-electron chi connectivity index (χ0n) is 25.1. The number of nitrogens with one attached hydrogen (secondary N) is 1. The highest BCUT2D eigenvalue weighted by atomic mass is 32.2. The first kappa shape index (κ1) is 29.5. The molecule has 1 aliphatic heterocycles. The summed E-state index contributed by atoms with van der Waals surface area (Å²) in [5.41, 5.74) is 6.82. The Labute approximate surface area is 260 Å². The molecule has 3 aliphatic rings. The maximum absolute atomic E-state index is 13.4. The lowest BCUT2D eigenvalue weighted by atomic mass is 9.63. The van der Waals surface area contributed by atoms with Crippen LogP contribution in [0, 0.1) is 12.3 Å². The third-order valence-electron chi connectivity index (χ3n) is 9.05. The molecular weight excluding hydrogens is 598 g/mol. The van der Waals surface area contributed by atoms with Gasteiger partial charge in [0.1, 0.15) is 22.9 Å². The van der Waals surface area contributed by atoms with Crippen LogP contribution in [0.4, 0.5) is 14.5 Å². The molecule has 234 valence electrons. The molecule has 1 spiro atoms. The van der Waals surface area contributed by atoms with Crippen molar-refractivity contribution in [2.24, 2.45) is 5.41 Å². The van der Waals surface area contributed by atoms with E-state index in [1.807, 2.05) is 18.2 Å². The normalized spacial score (nSPS) is 18.9. The van der Waals surface area contributed by atoms with Gasteiger partial charge in [-0.2, -0.15) is 8.78 Å². The summed E-state index contributed by atoms with van der Waals surface area (Å²) in [6.07, 6.45) is 8.85. The number of benzene rings is 2. The van der Waals surface area contributed by atoms with E-state index < -0.39 is 22.2 Å². The van der Waals surface area contributed by atoms with Crippen LogP contribution < -0.4 is 14.4 Å². The van der Waals surface area contributed by atoms with Crippen molar-refractivity contribution in [2.45, 2.75) is 51.6 Å². The van der Waals surface area contributed by atoms with Crippen LogP contribution in [0.5, 0.6) is 5.75 Å². The van der Waals surface area contributed by atoms with E-state index in [1.54, 1.807) is 12.1 Å². The highest BCUT2D eigenvalue weighted by molar-refractivity contribution is 7.98. The van der Waals surface area contributed by atoms with Crippen LogP contribution in [0.2, 0.25) is 0 Å². The summed E-state index contributed by atoms with van der Waals surface area (Å²) < 4.78 is 51.7. The highest BCUT2D eigenvalue weighted by Crippen LogP contribution is 2.56. The topological polar surface area (TPSA) is 97.6 Å². The van der Waals surface area contributed by atoms with Crippen molar-refractivity contribution in [3.63, 3.8) is 0 Å². The average molecular weight is 633 g/mol. The van der Waals surface area contributed by atoms with Gasteiger partial charge >= 0.3 is 6.61 Å². The monoisotopic (exact) mass is 632 g/mol. The van der Waals surface area contributed by atoms with Crippen molar-refractivity contribution in [3.8, 4) is 17.0 Å². The second kappa shape index (κ2) is 11.0. The molecule has 1 atom stereocenters. The molecule has 8 nitrogen and oxygen atoms in total. The number of aryl methyl sites for hydroxylation is 1. The van der Waals surface area contributed by atoms with E-state index in [0.29, 0.717) is 16.8 Å². The van der Waals surface area contributed by atoms with E-state index in [-0.39, 0.29) is 16.9 Å². The fourth-order valence-corrected chi connectivity index (χ4v) is 7.11. The van der Waals surface area contributed by atoms with Gasteiger partial charge in [0.15, 0.2) is 0 Å². The first-order valence-corrected chi connectivity index (χ1v) is 17.2. The number of nitrogens with zero attached hydrogens (tertiary/aromatic N) is 3. The Morgan fingerprint density at radius 1 is 1.18 bits per heavy atom. The van der Waals surface area contributed by atoms with Crippen molar-refractivity contribution in [3.05, 3.63) is 77.2 Å². The van der Waals surface area contributed by atoms with E-state index in [1.165, 1.54) is 23.0 Å². The van der Waals surface area contributed by atoms with E-state index >= 15 is 0 Å². The zero-order valence-corrected chi connectivity index (χ0v) is 26.0. The van der Waals surface area contributed by atoms with E-state index in [4.69, 9.17) is 9.26 Å². The Morgan fingerprint density at radius 3 is 2.58 bits per heavy atom. The van der Waals surface area contributed by atoms with Gasteiger partial charge in [-0.1, -0.05) is 35.5 Å². The summed E-state index contributed by atoms with van der Waals surface area (Å²) in [5, 5.41) is 4.92. The standard InChI is InChI=1S/C34H34F2N4O4S/c1-20-6-4-5-7-24(20)30-29(31(44-38-30)21-8-9-21)22-18-34(19-22)12-14-40(15-13-34)23-10-11-26-25(16-23)28(43-33(35)36)17-27(37-26)32(41)39-45(2,3)42/h4-7,10-11,16-18,21,33H,2,8-9,12-15,19H2,1,3H3,(H,39,41,42). The first-order chi connectivity index (χ1) is 21.5. The molecule has 1 unspecified atom stereocenters. The number of pyridine rings is 1. The van der Waals surface area contributed by atoms with Gasteiger partial charge in [-0.05, 0) is 79.6 Å². The summed E-state index contributed by atoms with van der Waals surface area (Å²) in [6, 6.07) is 14.8. The predicted octanol–water partition coefficient (Wildman–Crippen LogP) is 6.74. The molecule has 3 heterocycles. The van der Waals surface area contributed by atoms with Gasteiger partial charge in [0, 0.05) is 63.2 Å². The van der Waals surface area contributed by atoms with Gasteiger partial charge in [-0.15, -0.1) is 0 Å². The smallest absolute Gasteiger partial charge is 0.387 e. The number of ether oxygens (including phenoxy) is 1. The number of fused-ring (bicyclic) bond motifs is 1. The highest BCUT2D eigenvalue weighted by Gasteiger charge is 2.44. The van der Waals surface area contributed by atoms with Crippen molar-refractivity contribution < 1.29 is 27.0 Å². The fraction of sp³-hybridized carbons (Fsp3) is 0.353. The molecule has 4 aromatic rings. The fourth-order valence-electron chi connectivity index (χ4n) is 6.61. The summed E-state index contributed by atoms with van der Waals surface area (Å²) in [5.74, 6) is 3.93. The van der Waals surface area contributed by atoms with Crippen LogP contribution in [-0.2, 0) is 9.71 Å². The van der Waals surface area contributed by atoms with E-state index in [0.717, 1.165) is 74.0 Å². The molecule has 1 saturated carbocycles. The van der Waals surface area contributed by atoms with Gasteiger partial charge in [0.2, 0.25) is 0 Å². The Bertz CT molecular complexity index is 1960. The molecule has 1 amide bonds. The summed E-state index contributed by atoms with van der Waals surface area (Å²) in [7, 11) is -2.87. The number of rotatable bonds is 8. The van der Waals surface area contributed by atoms with Crippen molar-refractivity contribution >= 4 is 43.6 Å². The number of anilines is 1. The number of aromatic nitrogens is 2. The molecule has 0 radical (unpaired) electrons. The van der Waals surface area contributed by atoms with Gasteiger partial charge in [0.05, 0.1) is 5.52 Å². The van der Waals surface area contributed by atoms with Crippen LogP contribution >= 0.6 is 0 Å². The third kappa shape index (κ3) is 5.81. The lowest BCUT2D eigenvalue weighted by Gasteiger charge is -2.47. The number of hydrogen-bond acceptors (Lipinski definition) is 7. The van der Waals surface area contributed by atoms with Gasteiger partial charge < -0.3 is 14.2 Å². The minimum atomic E-state index is -3.09. The second-order valence-corrected chi connectivity index (χ2v) is 14.8. The second-order valence-electron chi connectivity index (χ2n) is 12.6. The summed E-state index contributed by atoms with van der Waals surface area (Å²) >= 11 is 0. The SMILES string of the molecule is C=S(C)(=O)NC(=O)c1cc(OC(F)F)c2cc(N3CCC4(C=C(c5c(-c6ccccc6C)noc5C5CC5)C4)CC3)ccc2n1. The minimum Gasteiger partial charge on any atom is -0.434 e. The minimum absolute atomic E-state index is 0.101. The number of hydrogen-bond donors (Lipinski definition) is 1. The third-order valence-corrected chi connectivity index (χ3v) is 9.66. The molecule has 11 heteroatoms. The van der Waals surface area contributed by atoms with Crippen molar-refractivity contribution in [1.82, 2.24) is 14.9 Å². The number of carbonyl (C=O) groups is 1. The largest absolute Gasteiger partial charge is 0.434 e. The molecule has 1 saturated heterocycles. The van der Waals surface area contributed by atoms with Crippen LogP contribution in [0.15, 0.2) is 59.1 Å². The molecule has 45 heavy (non-hydrogen) atoms. The number of alkyl halides is 2. The van der Waals surface area contributed by atoms with Gasteiger partial charge in [-0.3, -0.25) is 9.52 Å². The molecular formula is C34H34F2N4O4S. The molecule has 2 aromatic heterocycles. The summed E-state index contributed by atoms with van der Waals surface area (Å²) in [4.78, 5) is 19.1. The van der Waals surface area contributed by atoms with Gasteiger partial charge in [0.25, 0.3) is 5.91 Å². The quantitative estimate of drug-likeness (QED) is 0.215. The average Bonchev–Trinajstić information content (AvgIpc) is 3.73. The number of carbonyl (C=O) groups excluding carboxylic acids is 1. The van der Waals surface area contributed by atoms with Crippen LogP contribution in [0.25, 0.3) is 27.7 Å². The molecule has 1 N–H and O–H groups in total. The Hall–Kier alpha value is -4.25. The van der Waals surface area contributed by atoms with Crippen LogP contribution in [0.3, 0.4) is 0 Å². The number of amides is 1. The van der Waals surface area contributed by atoms with Crippen molar-refractivity contribution in [2.75, 3.05) is 24.2 Å². The van der Waals surface area contributed by atoms with E-state index in [2.05, 4.69) is 50.8 Å². The molecule has 2 aromatic carbocycles. The maximum atomic E-state index is 13.4. The molecule has 2 fully saturated rings. The predicted molar refractivity (Wildman–Crippen MR) is 172 cm³/mol. The van der Waals surface area contributed by atoms with Crippen LogP contribution in [-0.4, -0.2) is 52.1 Å². The Morgan fingerprint density at radius 2 is 1.91 bits per heavy atom. The maximum Gasteiger partial charge on any atom is 0.387 e. The molecule has 7 rings (SSSR count). The zero-order chi connectivity index (χ0) is 31.5. The molecule has 2 aliphatic carbocycles. The van der Waals surface area contributed by atoms with Crippen molar-refractivity contribution in [1.29, 1.82) is 0 Å². The lowest BCUT2D eigenvalue weighted by Crippen LogP contribution is -2.42.